The number of fused-ring (bicyclic) bond motifs is 1. The zero-order valence-corrected chi connectivity index (χ0v) is 10.6. The van der Waals surface area contributed by atoms with Crippen molar-refractivity contribution in [3.8, 4) is 0 Å². The van der Waals surface area contributed by atoms with Crippen LogP contribution < -0.4 is 0 Å². The highest BCUT2D eigenvalue weighted by Crippen LogP contribution is 2.25. The Kier molecular flexibility index (Phi) is 3.38. The molecule has 2 rings (SSSR count). The summed E-state index contributed by atoms with van der Waals surface area (Å²) < 4.78 is 19.0. The van der Waals surface area contributed by atoms with E-state index in [1.165, 1.54) is 12.3 Å². The summed E-state index contributed by atoms with van der Waals surface area (Å²) in [6.45, 7) is 2.02. The first-order chi connectivity index (χ1) is 8.13. The zero-order chi connectivity index (χ0) is 12.4. The number of carbonyl (C=O) groups excluding carboxylic acids is 1. The SMILES string of the molecule is CCOC(=O)c1cnc2c(F)ccc(Br)c2c1. The van der Waals surface area contributed by atoms with Crippen molar-refractivity contribution < 1.29 is 13.9 Å². The Balaban J connectivity index is 2.57. The molecule has 0 saturated heterocycles. The Morgan fingerprint density at radius 2 is 2.29 bits per heavy atom. The van der Waals surface area contributed by atoms with Crippen LogP contribution in [-0.2, 0) is 4.74 Å². The Morgan fingerprint density at radius 1 is 1.53 bits per heavy atom. The van der Waals surface area contributed by atoms with Gasteiger partial charge in [0.15, 0.2) is 0 Å². The highest BCUT2D eigenvalue weighted by atomic mass is 79.9. The van der Waals surface area contributed by atoms with E-state index in [-0.39, 0.29) is 5.52 Å². The number of esters is 1. The second kappa shape index (κ2) is 4.79. The molecule has 0 atom stereocenters. The number of pyridine rings is 1. The van der Waals surface area contributed by atoms with Gasteiger partial charge in [0, 0.05) is 16.1 Å². The van der Waals surface area contributed by atoms with Crippen LogP contribution in [-0.4, -0.2) is 17.6 Å². The van der Waals surface area contributed by atoms with Crippen molar-refractivity contribution in [1.29, 1.82) is 0 Å². The highest BCUT2D eigenvalue weighted by Gasteiger charge is 2.11. The van der Waals surface area contributed by atoms with Crippen molar-refractivity contribution >= 4 is 32.8 Å². The number of aromatic nitrogens is 1. The van der Waals surface area contributed by atoms with Gasteiger partial charge >= 0.3 is 5.97 Å². The largest absolute Gasteiger partial charge is 0.462 e. The summed E-state index contributed by atoms with van der Waals surface area (Å²) in [5.41, 5.74) is 0.540. The average molecular weight is 298 g/mol. The summed E-state index contributed by atoms with van der Waals surface area (Å²) in [6, 6.07) is 4.46. The van der Waals surface area contributed by atoms with Gasteiger partial charge in [0.05, 0.1) is 12.2 Å². The quantitative estimate of drug-likeness (QED) is 0.798. The number of nitrogens with zero attached hydrogens (tertiary/aromatic N) is 1. The van der Waals surface area contributed by atoms with E-state index < -0.39 is 11.8 Å². The van der Waals surface area contributed by atoms with E-state index in [4.69, 9.17) is 4.74 Å². The smallest absolute Gasteiger partial charge is 0.339 e. The van der Waals surface area contributed by atoms with Crippen LogP contribution in [0.4, 0.5) is 4.39 Å². The first kappa shape index (κ1) is 12.0. The van der Waals surface area contributed by atoms with Gasteiger partial charge in [-0.15, -0.1) is 0 Å². The van der Waals surface area contributed by atoms with Gasteiger partial charge in [0.25, 0.3) is 0 Å². The molecule has 0 bridgehead atoms. The predicted octanol–water partition coefficient (Wildman–Crippen LogP) is 3.31. The van der Waals surface area contributed by atoms with E-state index in [9.17, 15) is 9.18 Å². The predicted molar refractivity (Wildman–Crippen MR) is 65.4 cm³/mol. The Labute approximate surface area is 106 Å². The molecule has 88 valence electrons. The summed E-state index contributed by atoms with van der Waals surface area (Å²) in [6.07, 6.45) is 1.32. The second-order valence-electron chi connectivity index (χ2n) is 3.37. The lowest BCUT2D eigenvalue weighted by Gasteiger charge is -2.05. The highest BCUT2D eigenvalue weighted by molar-refractivity contribution is 9.10. The lowest BCUT2D eigenvalue weighted by molar-refractivity contribution is 0.0526. The number of ether oxygens (including phenoxy) is 1. The average Bonchev–Trinajstić information content (AvgIpc) is 2.34. The monoisotopic (exact) mass is 297 g/mol. The van der Waals surface area contributed by atoms with Crippen LogP contribution in [0.2, 0.25) is 0 Å². The molecule has 0 aliphatic rings. The Bertz CT molecular complexity index is 586. The molecule has 2 aromatic rings. The van der Waals surface area contributed by atoms with Gasteiger partial charge in [0.1, 0.15) is 11.3 Å². The van der Waals surface area contributed by atoms with Crippen LogP contribution in [0.5, 0.6) is 0 Å². The third-order valence-corrected chi connectivity index (χ3v) is 2.95. The van der Waals surface area contributed by atoms with Crippen LogP contribution in [0.15, 0.2) is 28.9 Å². The molecule has 0 unspecified atom stereocenters. The van der Waals surface area contributed by atoms with Gasteiger partial charge in [-0.3, -0.25) is 4.98 Å². The molecule has 0 aliphatic carbocycles. The first-order valence-corrected chi connectivity index (χ1v) is 5.83. The summed E-state index contributed by atoms with van der Waals surface area (Å²) in [5, 5.41) is 0.551. The lowest BCUT2D eigenvalue weighted by atomic mass is 10.1. The van der Waals surface area contributed by atoms with Gasteiger partial charge in [0.2, 0.25) is 0 Å². The fourth-order valence-corrected chi connectivity index (χ4v) is 1.91. The first-order valence-electron chi connectivity index (χ1n) is 5.04. The van der Waals surface area contributed by atoms with Crippen molar-refractivity contribution in [1.82, 2.24) is 4.98 Å². The summed E-state index contributed by atoms with van der Waals surface area (Å²) in [5.74, 6) is -0.878. The molecule has 0 spiro atoms. The standard InChI is InChI=1S/C12H9BrFNO2/c1-2-17-12(16)7-5-8-9(13)3-4-10(14)11(8)15-6-7/h3-6H,2H2,1H3. The summed E-state index contributed by atoms with van der Waals surface area (Å²) in [4.78, 5) is 15.5. The number of hydrogen-bond donors (Lipinski definition) is 0. The molecule has 1 aromatic heterocycles. The minimum absolute atomic E-state index is 0.229. The topological polar surface area (TPSA) is 39.2 Å². The van der Waals surface area contributed by atoms with Gasteiger partial charge in [-0.05, 0) is 25.1 Å². The number of benzene rings is 1. The van der Waals surface area contributed by atoms with E-state index in [2.05, 4.69) is 20.9 Å². The van der Waals surface area contributed by atoms with Crippen LogP contribution in [0.25, 0.3) is 10.9 Å². The van der Waals surface area contributed by atoms with Crippen molar-refractivity contribution in [3.63, 3.8) is 0 Å². The van der Waals surface area contributed by atoms with Gasteiger partial charge in [-0.1, -0.05) is 15.9 Å². The molecule has 0 saturated carbocycles. The molecule has 0 N–H and O–H groups in total. The molecule has 0 amide bonds. The van der Waals surface area contributed by atoms with Crippen molar-refractivity contribution in [2.45, 2.75) is 6.92 Å². The van der Waals surface area contributed by atoms with Gasteiger partial charge < -0.3 is 4.74 Å². The maximum atomic E-state index is 13.4. The van der Waals surface area contributed by atoms with Crippen molar-refractivity contribution in [2.24, 2.45) is 0 Å². The molecular weight excluding hydrogens is 289 g/mol. The minimum Gasteiger partial charge on any atom is -0.462 e. The molecule has 0 radical (unpaired) electrons. The summed E-state index contributed by atoms with van der Waals surface area (Å²) >= 11 is 3.29. The normalized spacial score (nSPS) is 10.5. The van der Waals surface area contributed by atoms with Gasteiger partial charge in [-0.2, -0.15) is 0 Å². The molecular formula is C12H9BrFNO2. The molecule has 3 nitrogen and oxygen atoms in total. The van der Waals surface area contributed by atoms with E-state index in [1.54, 1.807) is 19.1 Å². The molecule has 1 aromatic carbocycles. The number of halogens is 2. The zero-order valence-electron chi connectivity index (χ0n) is 9.04. The summed E-state index contributed by atoms with van der Waals surface area (Å²) in [7, 11) is 0. The fourth-order valence-electron chi connectivity index (χ4n) is 1.48. The molecule has 0 fully saturated rings. The second-order valence-corrected chi connectivity index (χ2v) is 4.22. The Morgan fingerprint density at radius 3 is 3.00 bits per heavy atom. The van der Waals surface area contributed by atoms with Crippen molar-refractivity contribution in [2.75, 3.05) is 6.61 Å². The molecule has 5 heteroatoms. The molecule has 1 heterocycles. The van der Waals surface area contributed by atoms with Gasteiger partial charge in [-0.25, -0.2) is 9.18 Å². The number of rotatable bonds is 2. The van der Waals surface area contributed by atoms with E-state index in [1.807, 2.05) is 0 Å². The molecule has 17 heavy (non-hydrogen) atoms. The van der Waals surface area contributed by atoms with Crippen LogP contribution in [0.3, 0.4) is 0 Å². The minimum atomic E-state index is -0.460. The fraction of sp³-hybridized carbons (Fsp3) is 0.167. The third kappa shape index (κ3) is 2.29. The maximum absolute atomic E-state index is 13.4. The Hall–Kier alpha value is -1.49. The maximum Gasteiger partial charge on any atom is 0.339 e. The van der Waals surface area contributed by atoms with E-state index >= 15 is 0 Å². The van der Waals surface area contributed by atoms with E-state index in [0.717, 1.165) is 0 Å². The third-order valence-electron chi connectivity index (χ3n) is 2.26. The lowest BCUT2D eigenvalue weighted by Crippen LogP contribution is -2.05. The van der Waals surface area contributed by atoms with Crippen LogP contribution in [0, 0.1) is 5.82 Å². The number of hydrogen-bond acceptors (Lipinski definition) is 3. The van der Waals surface area contributed by atoms with Crippen LogP contribution in [0.1, 0.15) is 17.3 Å². The number of carbonyl (C=O) groups is 1. The van der Waals surface area contributed by atoms with E-state index in [0.29, 0.717) is 22.0 Å². The van der Waals surface area contributed by atoms with Crippen LogP contribution >= 0.6 is 15.9 Å². The van der Waals surface area contributed by atoms with Crippen molar-refractivity contribution in [3.05, 3.63) is 40.2 Å². The molecule has 0 aliphatic heterocycles.